The number of carbonyl (C=O) groups is 1. The summed E-state index contributed by atoms with van der Waals surface area (Å²) in [6, 6.07) is 3.90. The predicted molar refractivity (Wildman–Crippen MR) is 66.1 cm³/mol. The summed E-state index contributed by atoms with van der Waals surface area (Å²) in [5.41, 5.74) is -0.267. The van der Waals surface area contributed by atoms with Crippen molar-refractivity contribution in [3.63, 3.8) is 0 Å². The summed E-state index contributed by atoms with van der Waals surface area (Å²) >= 11 is 0. The molecule has 1 saturated heterocycles. The lowest BCUT2D eigenvalue weighted by atomic mass is 10.0. The highest BCUT2D eigenvalue weighted by Crippen LogP contribution is 2.20. The first-order valence-electron chi connectivity index (χ1n) is 6.05. The van der Waals surface area contributed by atoms with Crippen LogP contribution in [0, 0.1) is 5.82 Å². The van der Waals surface area contributed by atoms with Gasteiger partial charge in [0.15, 0.2) is 0 Å². The van der Waals surface area contributed by atoms with Gasteiger partial charge >= 0.3 is 0 Å². The van der Waals surface area contributed by atoms with Crippen LogP contribution in [-0.2, 0) is 0 Å². The van der Waals surface area contributed by atoms with Crippen molar-refractivity contribution in [3.05, 3.63) is 29.6 Å². The van der Waals surface area contributed by atoms with Gasteiger partial charge in [-0.3, -0.25) is 4.79 Å². The second-order valence-corrected chi connectivity index (χ2v) is 4.68. The highest BCUT2D eigenvalue weighted by molar-refractivity contribution is 5.97. The van der Waals surface area contributed by atoms with Crippen molar-refractivity contribution < 1.29 is 14.3 Å². The maximum Gasteiger partial charge on any atom is 0.258 e. The molecule has 1 aromatic rings. The number of hydrogen-bond acceptors (Lipinski definition) is 3. The number of halogens is 1. The first-order valence-corrected chi connectivity index (χ1v) is 6.05. The van der Waals surface area contributed by atoms with Gasteiger partial charge < -0.3 is 15.3 Å². The zero-order chi connectivity index (χ0) is 13.1. The van der Waals surface area contributed by atoms with Crippen molar-refractivity contribution in [2.24, 2.45) is 0 Å². The van der Waals surface area contributed by atoms with Crippen molar-refractivity contribution in [1.82, 2.24) is 10.2 Å². The number of phenolic OH excluding ortho intramolecular Hbond substituents is 1. The number of piperidine rings is 1. The van der Waals surface area contributed by atoms with Crippen LogP contribution in [0.4, 0.5) is 4.39 Å². The van der Waals surface area contributed by atoms with E-state index < -0.39 is 11.7 Å². The van der Waals surface area contributed by atoms with E-state index in [2.05, 4.69) is 10.2 Å². The smallest absolute Gasteiger partial charge is 0.258 e. The summed E-state index contributed by atoms with van der Waals surface area (Å²) in [6.07, 6.45) is 1.69. The van der Waals surface area contributed by atoms with E-state index in [4.69, 9.17) is 0 Å². The zero-order valence-electron chi connectivity index (χ0n) is 10.3. The number of carbonyl (C=O) groups excluding carboxylic acids is 1. The number of rotatable bonds is 2. The van der Waals surface area contributed by atoms with Gasteiger partial charge in [-0.1, -0.05) is 6.07 Å². The Hall–Kier alpha value is -1.62. The van der Waals surface area contributed by atoms with E-state index in [-0.39, 0.29) is 17.4 Å². The number of benzene rings is 1. The van der Waals surface area contributed by atoms with Crippen LogP contribution >= 0.6 is 0 Å². The van der Waals surface area contributed by atoms with Gasteiger partial charge in [-0.15, -0.1) is 0 Å². The molecule has 1 amide bonds. The Morgan fingerprint density at radius 1 is 1.44 bits per heavy atom. The third kappa shape index (κ3) is 2.79. The minimum atomic E-state index is -0.694. The Kier molecular flexibility index (Phi) is 3.81. The molecule has 0 radical (unpaired) electrons. The van der Waals surface area contributed by atoms with Gasteiger partial charge in [-0.25, -0.2) is 4.39 Å². The standard InChI is InChI=1S/C13H17FN2O2/c1-16-7-5-9(6-8-16)15-13(18)12-10(14)3-2-4-11(12)17/h2-4,9,17H,5-8H2,1H3,(H,15,18). The number of amides is 1. The van der Waals surface area contributed by atoms with Crippen molar-refractivity contribution in [2.75, 3.05) is 20.1 Å². The molecule has 0 atom stereocenters. The largest absolute Gasteiger partial charge is 0.507 e. The Morgan fingerprint density at radius 2 is 2.11 bits per heavy atom. The van der Waals surface area contributed by atoms with E-state index in [1.54, 1.807) is 0 Å². The number of phenols is 1. The molecule has 0 aliphatic carbocycles. The third-order valence-corrected chi connectivity index (χ3v) is 3.27. The van der Waals surface area contributed by atoms with Gasteiger partial charge in [-0.2, -0.15) is 0 Å². The molecule has 2 N–H and O–H groups in total. The molecule has 4 nitrogen and oxygen atoms in total. The van der Waals surface area contributed by atoms with Gasteiger partial charge in [0, 0.05) is 6.04 Å². The maximum atomic E-state index is 13.5. The maximum absolute atomic E-state index is 13.5. The topological polar surface area (TPSA) is 52.6 Å². The molecule has 0 unspecified atom stereocenters. The quantitative estimate of drug-likeness (QED) is 0.835. The highest BCUT2D eigenvalue weighted by Gasteiger charge is 2.22. The fourth-order valence-corrected chi connectivity index (χ4v) is 2.15. The summed E-state index contributed by atoms with van der Waals surface area (Å²) in [7, 11) is 2.03. The van der Waals surface area contributed by atoms with Gasteiger partial charge in [0.05, 0.1) is 0 Å². The third-order valence-electron chi connectivity index (χ3n) is 3.27. The molecule has 1 heterocycles. The lowest BCUT2D eigenvalue weighted by molar-refractivity contribution is 0.0910. The highest BCUT2D eigenvalue weighted by atomic mass is 19.1. The van der Waals surface area contributed by atoms with E-state index in [1.165, 1.54) is 18.2 Å². The van der Waals surface area contributed by atoms with Crippen LogP contribution in [0.3, 0.4) is 0 Å². The first kappa shape index (κ1) is 12.8. The van der Waals surface area contributed by atoms with Crippen LogP contribution in [0.1, 0.15) is 23.2 Å². The zero-order valence-corrected chi connectivity index (χ0v) is 10.3. The van der Waals surface area contributed by atoms with Crippen LogP contribution in [0.5, 0.6) is 5.75 Å². The average molecular weight is 252 g/mol. The molecule has 1 aromatic carbocycles. The Labute approximate surface area is 105 Å². The summed E-state index contributed by atoms with van der Waals surface area (Å²) in [5.74, 6) is -1.55. The van der Waals surface area contributed by atoms with Crippen LogP contribution in [0.25, 0.3) is 0 Å². The molecule has 1 aliphatic heterocycles. The van der Waals surface area contributed by atoms with Crippen LogP contribution in [0.15, 0.2) is 18.2 Å². The van der Waals surface area contributed by atoms with E-state index in [0.717, 1.165) is 25.9 Å². The molecule has 1 fully saturated rings. The van der Waals surface area contributed by atoms with Crippen molar-refractivity contribution >= 4 is 5.91 Å². The van der Waals surface area contributed by atoms with Gasteiger partial charge in [0.1, 0.15) is 17.1 Å². The molecule has 2 rings (SSSR count). The average Bonchev–Trinajstić information content (AvgIpc) is 2.32. The molecule has 18 heavy (non-hydrogen) atoms. The Morgan fingerprint density at radius 3 is 2.72 bits per heavy atom. The molecular weight excluding hydrogens is 235 g/mol. The number of likely N-dealkylation sites (tertiary alicyclic amines) is 1. The molecule has 0 aromatic heterocycles. The van der Waals surface area contributed by atoms with E-state index in [0.29, 0.717) is 0 Å². The molecule has 98 valence electrons. The second-order valence-electron chi connectivity index (χ2n) is 4.68. The van der Waals surface area contributed by atoms with Crippen molar-refractivity contribution in [1.29, 1.82) is 0 Å². The molecule has 0 saturated carbocycles. The first-order chi connectivity index (χ1) is 8.58. The molecule has 5 heteroatoms. The lowest BCUT2D eigenvalue weighted by Gasteiger charge is -2.29. The van der Waals surface area contributed by atoms with E-state index in [1.807, 2.05) is 7.05 Å². The number of nitrogens with zero attached hydrogens (tertiary/aromatic N) is 1. The summed E-state index contributed by atoms with van der Waals surface area (Å²) in [4.78, 5) is 14.1. The van der Waals surface area contributed by atoms with Crippen LogP contribution in [-0.4, -0.2) is 42.1 Å². The van der Waals surface area contributed by atoms with Crippen molar-refractivity contribution in [3.8, 4) is 5.75 Å². The van der Waals surface area contributed by atoms with Gasteiger partial charge in [0.2, 0.25) is 0 Å². The summed E-state index contributed by atoms with van der Waals surface area (Å²) < 4.78 is 13.5. The number of aromatic hydroxyl groups is 1. The SMILES string of the molecule is CN1CCC(NC(=O)c2c(O)cccc2F)CC1. The number of hydrogen-bond donors (Lipinski definition) is 2. The van der Waals surface area contributed by atoms with Crippen molar-refractivity contribution in [2.45, 2.75) is 18.9 Å². The molecule has 1 aliphatic rings. The van der Waals surface area contributed by atoms with Gasteiger partial charge in [-0.05, 0) is 45.1 Å². The van der Waals surface area contributed by atoms with Crippen LogP contribution in [0.2, 0.25) is 0 Å². The summed E-state index contributed by atoms with van der Waals surface area (Å²) in [6.45, 7) is 1.82. The Bertz CT molecular complexity index is 422. The van der Waals surface area contributed by atoms with Gasteiger partial charge in [0.25, 0.3) is 5.91 Å². The predicted octanol–water partition coefficient (Wildman–Crippen LogP) is 1.36. The minimum Gasteiger partial charge on any atom is -0.507 e. The number of nitrogens with one attached hydrogen (secondary N) is 1. The molecular formula is C13H17FN2O2. The normalized spacial score (nSPS) is 17.7. The van der Waals surface area contributed by atoms with E-state index >= 15 is 0 Å². The second kappa shape index (κ2) is 5.35. The minimum absolute atomic E-state index is 0.0488. The molecule has 0 bridgehead atoms. The summed E-state index contributed by atoms with van der Waals surface area (Å²) in [5, 5.41) is 12.3. The van der Waals surface area contributed by atoms with E-state index in [9.17, 15) is 14.3 Å². The fourth-order valence-electron chi connectivity index (χ4n) is 2.15. The van der Waals surface area contributed by atoms with Crippen LogP contribution < -0.4 is 5.32 Å². The monoisotopic (exact) mass is 252 g/mol. The lowest BCUT2D eigenvalue weighted by Crippen LogP contribution is -2.43. The Balaban J connectivity index is 2.04. The molecule has 0 spiro atoms. The fraction of sp³-hybridized carbons (Fsp3) is 0.462.